The molecular formula is C23H21ClN4O4S. The predicted octanol–water partition coefficient (Wildman–Crippen LogP) is 3.61. The molecule has 8 nitrogen and oxygen atoms in total. The molecule has 170 valence electrons. The van der Waals surface area contributed by atoms with Crippen LogP contribution in [0.2, 0.25) is 5.02 Å². The second kappa shape index (κ2) is 8.92. The fourth-order valence-corrected chi connectivity index (χ4v) is 5.33. The van der Waals surface area contributed by atoms with Crippen LogP contribution < -0.4 is 15.0 Å². The number of amides is 3. The number of hydrogen-bond donors (Lipinski definition) is 1. The normalized spacial score (nSPS) is 18.9. The number of nitrogens with zero attached hydrogens (tertiary/aromatic N) is 3. The number of hydrazone groups is 1. The quantitative estimate of drug-likeness (QED) is 0.655. The number of amidine groups is 1. The van der Waals surface area contributed by atoms with Gasteiger partial charge in [0.15, 0.2) is 5.17 Å². The summed E-state index contributed by atoms with van der Waals surface area (Å²) in [6.07, 6.45) is 1.64. The fraction of sp³-hybridized carbons (Fsp3) is 0.217. The molecule has 0 aliphatic carbocycles. The Kier molecular flexibility index (Phi) is 6.18. The highest BCUT2D eigenvalue weighted by atomic mass is 35.5. The van der Waals surface area contributed by atoms with Crippen molar-refractivity contribution in [3.63, 3.8) is 0 Å². The van der Waals surface area contributed by atoms with E-state index in [1.54, 1.807) is 29.2 Å². The fourth-order valence-electron chi connectivity index (χ4n) is 3.84. The summed E-state index contributed by atoms with van der Waals surface area (Å²) >= 11 is 7.30. The third-order valence-corrected chi connectivity index (χ3v) is 6.60. The highest BCUT2D eigenvalue weighted by molar-refractivity contribution is 8.15. The van der Waals surface area contributed by atoms with Gasteiger partial charge in [0.05, 0.1) is 12.2 Å². The molecule has 0 unspecified atom stereocenters. The number of ether oxygens (including phenoxy) is 1. The molecule has 1 atom stereocenters. The molecule has 2 aliphatic rings. The van der Waals surface area contributed by atoms with Crippen LogP contribution in [0.3, 0.4) is 0 Å². The second-order valence-corrected chi connectivity index (χ2v) is 9.04. The van der Waals surface area contributed by atoms with Crippen molar-refractivity contribution in [1.29, 1.82) is 0 Å². The van der Waals surface area contributed by atoms with Crippen molar-refractivity contribution < 1.29 is 19.1 Å². The Morgan fingerprint density at radius 2 is 2.03 bits per heavy atom. The third-order valence-electron chi connectivity index (χ3n) is 5.12. The van der Waals surface area contributed by atoms with Crippen LogP contribution in [0, 0.1) is 0 Å². The van der Waals surface area contributed by atoms with E-state index < -0.39 is 10.8 Å². The monoisotopic (exact) mass is 484 g/mol. The number of thioether (sulfide) groups is 1. The van der Waals surface area contributed by atoms with E-state index in [9.17, 15) is 14.4 Å². The zero-order valence-electron chi connectivity index (χ0n) is 18.0. The average Bonchev–Trinajstić information content (AvgIpc) is 3.25. The Balaban J connectivity index is 1.80. The van der Waals surface area contributed by atoms with E-state index in [2.05, 4.69) is 17.0 Å². The predicted molar refractivity (Wildman–Crippen MR) is 128 cm³/mol. The minimum atomic E-state index is -1.51. The zero-order chi connectivity index (χ0) is 23.8. The van der Waals surface area contributed by atoms with Crippen LogP contribution >= 0.6 is 23.4 Å². The lowest BCUT2D eigenvalue weighted by Crippen LogP contribution is -2.48. The van der Waals surface area contributed by atoms with Gasteiger partial charge in [-0.15, -0.1) is 5.10 Å². The van der Waals surface area contributed by atoms with Gasteiger partial charge in [-0.3, -0.25) is 14.4 Å². The van der Waals surface area contributed by atoms with E-state index in [4.69, 9.17) is 16.3 Å². The van der Waals surface area contributed by atoms with Crippen molar-refractivity contribution in [3.05, 3.63) is 71.3 Å². The van der Waals surface area contributed by atoms with E-state index in [0.29, 0.717) is 28.6 Å². The summed E-state index contributed by atoms with van der Waals surface area (Å²) in [7, 11) is 0. The minimum Gasteiger partial charge on any atom is -0.489 e. The molecule has 0 saturated carbocycles. The Hall–Kier alpha value is -3.30. The molecule has 2 aliphatic heterocycles. The lowest BCUT2D eigenvalue weighted by Gasteiger charge is -2.29. The van der Waals surface area contributed by atoms with E-state index in [1.165, 1.54) is 13.8 Å². The highest BCUT2D eigenvalue weighted by Gasteiger charge is 2.61. The number of rotatable bonds is 5. The Bertz CT molecular complexity index is 1200. The zero-order valence-corrected chi connectivity index (χ0v) is 19.6. The molecule has 2 aromatic rings. The largest absolute Gasteiger partial charge is 0.489 e. The van der Waals surface area contributed by atoms with E-state index in [-0.39, 0.29) is 23.5 Å². The maximum Gasteiger partial charge on any atom is 0.271 e. The van der Waals surface area contributed by atoms with Gasteiger partial charge in [-0.05, 0) is 36.0 Å². The molecule has 0 aromatic heterocycles. The number of anilines is 1. The maximum absolute atomic E-state index is 14.0. The first-order valence-corrected chi connectivity index (χ1v) is 11.3. The van der Waals surface area contributed by atoms with Crippen LogP contribution in [0.4, 0.5) is 5.69 Å². The Labute approximate surface area is 200 Å². The molecule has 10 heteroatoms. The number of nitrogens with one attached hydrogen (secondary N) is 1. The number of para-hydroxylation sites is 1. The number of benzene rings is 2. The van der Waals surface area contributed by atoms with Crippen molar-refractivity contribution in [1.82, 2.24) is 10.3 Å². The van der Waals surface area contributed by atoms with Crippen molar-refractivity contribution in [3.8, 4) is 5.75 Å². The van der Waals surface area contributed by atoms with E-state index >= 15 is 0 Å². The summed E-state index contributed by atoms with van der Waals surface area (Å²) in [5.41, 5.74) is 1.90. The molecule has 0 bridgehead atoms. The van der Waals surface area contributed by atoms with Gasteiger partial charge in [0.25, 0.3) is 5.91 Å². The summed E-state index contributed by atoms with van der Waals surface area (Å²) in [6.45, 7) is 6.85. The Morgan fingerprint density at radius 3 is 2.73 bits per heavy atom. The molecule has 3 amide bonds. The topological polar surface area (TPSA) is 91.3 Å². The average molecular weight is 485 g/mol. The number of hydrogen-bond acceptors (Lipinski definition) is 6. The summed E-state index contributed by atoms with van der Waals surface area (Å²) in [4.78, 5) is 38.3. The molecule has 2 heterocycles. The van der Waals surface area contributed by atoms with E-state index in [1.807, 2.05) is 24.3 Å². The summed E-state index contributed by atoms with van der Waals surface area (Å²) in [5.74, 6) is -0.552. The van der Waals surface area contributed by atoms with Gasteiger partial charge < -0.3 is 15.0 Å². The summed E-state index contributed by atoms with van der Waals surface area (Å²) < 4.78 is 5.76. The first-order valence-electron chi connectivity index (χ1n) is 10.1. The number of carbonyl (C=O) groups is 3. The second-order valence-electron chi connectivity index (χ2n) is 7.42. The molecule has 1 N–H and O–H groups in total. The van der Waals surface area contributed by atoms with Crippen LogP contribution in [0.15, 0.2) is 60.2 Å². The van der Waals surface area contributed by atoms with Gasteiger partial charge in [0, 0.05) is 30.0 Å². The molecule has 2 aromatic carbocycles. The molecule has 0 saturated heterocycles. The molecule has 0 fully saturated rings. The summed E-state index contributed by atoms with van der Waals surface area (Å²) in [5, 5.41) is 8.52. The molecule has 33 heavy (non-hydrogen) atoms. The van der Waals surface area contributed by atoms with Gasteiger partial charge >= 0.3 is 0 Å². The number of fused-ring (bicyclic) bond motifs is 2. The summed E-state index contributed by atoms with van der Waals surface area (Å²) in [6, 6.07) is 12.5. The van der Waals surface area contributed by atoms with Crippen molar-refractivity contribution >= 4 is 51.9 Å². The van der Waals surface area contributed by atoms with Crippen LogP contribution in [-0.4, -0.2) is 34.5 Å². The van der Waals surface area contributed by atoms with Crippen molar-refractivity contribution in [2.75, 3.05) is 11.5 Å². The number of halogens is 1. The third kappa shape index (κ3) is 3.98. The number of carbonyl (C=O) groups excluding carboxylic acids is 3. The smallest absolute Gasteiger partial charge is 0.271 e. The molecule has 4 rings (SSSR count). The lowest BCUT2D eigenvalue weighted by atomic mass is 10.1. The van der Waals surface area contributed by atoms with Gasteiger partial charge in [0.2, 0.25) is 16.7 Å². The van der Waals surface area contributed by atoms with Crippen molar-refractivity contribution in [2.24, 2.45) is 5.10 Å². The van der Waals surface area contributed by atoms with Crippen LogP contribution in [0.1, 0.15) is 25.0 Å². The molecule has 0 radical (unpaired) electrons. The van der Waals surface area contributed by atoms with E-state index in [0.717, 1.165) is 22.3 Å². The first-order chi connectivity index (χ1) is 15.8. The van der Waals surface area contributed by atoms with Gasteiger partial charge in [-0.1, -0.05) is 42.5 Å². The minimum absolute atomic E-state index is 0.161. The first kappa shape index (κ1) is 22.9. The molecular weight excluding hydrogens is 464 g/mol. The van der Waals surface area contributed by atoms with Gasteiger partial charge in [-0.2, -0.15) is 5.01 Å². The standard InChI is InChI=1S/C23H21ClN4O4S/c1-4-11-32-20-8-6-5-7-16(20)13-27-19-10-9-17(24)12-18(19)23(21(27)31)28(15(3)30)26-22(33-23)25-14(2)29/h4-10,12H,1,11,13H2,2-3H3,(H,25,26,29)/t23-/m1/s1. The van der Waals surface area contributed by atoms with Crippen LogP contribution in [0.5, 0.6) is 5.75 Å². The highest BCUT2D eigenvalue weighted by Crippen LogP contribution is 2.55. The lowest BCUT2D eigenvalue weighted by molar-refractivity contribution is -0.139. The Morgan fingerprint density at radius 1 is 1.27 bits per heavy atom. The maximum atomic E-state index is 14.0. The van der Waals surface area contributed by atoms with Crippen LogP contribution in [-0.2, 0) is 25.8 Å². The van der Waals surface area contributed by atoms with Crippen LogP contribution in [0.25, 0.3) is 0 Å². The SMILES string of the molecule is C=CCOc1ccccc1CN1C(=O)[C@]2(SC(NC(C)=O)=NN2C(C)=O)c2cc(Cl)ccc21. The van der Waals surface area contributed by atoms with Crippen molar-refractivity contribution in [2.45, 2.75) is 25.3 Å². The van der Waals surface area contributed by atoms with Gasteiger partial charge in [0.1, 0.15) is 12.4 Å². The van der Waals surface area contributed by atoms with Gasteiger partial charge in [-0.25, -0.2) is 0 Å². The molecule has 1 spiro atoms.